The van der Waals surface area contributed by atoms with Gasteiger partial charge in [0.25, 0.3) is 0 Å². The van der Waals surface area contributed by atoms with Crippen LogP contribution in [0.15, 0.2) is 18.2 Å². The van der Waals surface area contributed by atoms with E-state index in [-0.39, 0.29) is 5.82 Å². The fraction of sp³-hybridized carbons (Fsp3) is 0.375. The van der Waals surface area contributed by atoms with Crippen LogP contribution in [0.4, 0.5) is 21.7 Å². The van der Waals surface area contributed by atoms with E-state index in [9.17, 15) is 4.39 Å². The summed E-state index contributed by atoms with van der Waals surface area (Å²) in [5.41, 5.74) is 2.26. The van der Waals surface area contributed by atoms with Crippen molar-refractivity contribution in [2.24, 2.45) is 0 Å². The van der Waals surface area contributed by atoms with Crippen molar-refractivity contribution in [2.45, 2.75) is 32.6 Å². The Labute approximate surface area is 123 Å². The first-order valence-corrected chi connectivity index (χ1v) is 7.18. The Balaban J connectivity index is 1.96. The highest BCUT2D eigenvalue weighted by Gasteiger charge is 2.28. The standard InChI is InChI=1S/C16H19FN4/c1-9-4-7-12(8-13(9)17)19-15-10(2)14(18-3)20-16(21-15)11-5-6-11/h4,7-8,11H,5-6H2,1-3H3,(H2,18,19,20,21). The minimum absolute atomic E-state index is 0.219. The molecule has 0 aliphatic heterocycles. The van der Waals surface area contributed by atoms with Gasteiger partial charge in [0.1, 0.15) is 23.3 Å². The number of hydrogen-bond acceptors (Lipinski definition) is 4. The first kappa shape index (κ1) is 13.8. The summed E-state index contributed by atoms with van der Waals surface area (Å²) in [5, 5.41) is 6.31. The molecule has 2 aromatic rings. The van der Waals surface area contributed by atoms with Crippen molar-refractivity contribution in [3.05, 3.63) is 41.0 Å². The Bertz CT molecular complexity index is 680. The van der Waals surface area contributed by atoms with Gasteiger partial charge in [-0.25, -0.2) is 14.4 Å². The molecule has 1 aliphatic rings. The van der Waals surface area contributed by atoms with Gasteiger partial charge in [0.15, 0.2) is 0 Å². The number of hydrogen-bond donors (Lipinski definition) is 2. The zero-order chi connectivity index (χ0) is 15.0. The third kappa shape index (κ3) is 2.82. The molecule has 0 spiro atoms. The molecule has 1 aromatic heterocycles. The lowest BCUT2D eigenvalue weighted by Crippen LogP contribution is -2.07. The van der Waals surface area contributed by atoms with Crippen molar-refractivity contribution in [3.8, 4) is 0 Å². The highest BCUT2D eigenvalue weighted by molar-refractivity contribution is 5.65. The van der Waals surface area contributed by atoms with Crippen LogP contribution in [0.1, 0.15) is 35.7 Å². The molecule has 21 heavy (non-hydrogen) atoms. The maximum atomic E-state index is 13.7. The number of rotatable bonds is 4. The molecular formula is C16H19FN4. The third-order valence-corrected chi connectivity index (χ3v) is 3.78. The first-order chi connectivity index (χ1) is 10.1. The van der Waals surface area contributed by atoms with Crippen molar-refractivity contribution in [1.29, 1.82) is 0 Å². The third-order valence-electron chi connectivity index (χ3n) is 3.78. The lowest BCUT2D eigenvalue weighted by atomic mass is 10.2. The van der Waals surface area contributed by atoms with E-state index in [1.807, 2.05) is 20.0 Å². The Morgan fingerprint density at radius 1 is 1.14 bits per heavy atom. The highest BCUT2D eigenvalue weighted by atomic mass is 19.1. The summed E-state index contributed by atoms with van der Waals surface area (Å²) in [5.74, 6) is 2.66. The van der Waals surface area contributed by atoms with Crippen molar-refractivity contribution in [1.82, 2.24) is 9.97 Å². The molecule has 5 heteroatoms. The van der Waals surface area contributed by atoms with E-state index in [4.69, 9.17) is 0 Å². The largest absolute Gasteiger partial charge is 0.373 e. The number of aromatic nitrogens is 2. The molecule has 0 saturated heterocycles. The summed E-state index contributed by atoms with van der Waals surface area (Å²) in [6.45, 7) is 3.70. The molecule has 1 saturated carbocycles. The second-order valence-corrected chi connectivity index (χ2v) is 5.52. The summed E-state index contributed by atoms with van der Waals surface area (Å²) in [6, 6.07) is 5.11. The fourth-order valence-electron chi connectivity index (χ4n) is 2.23. The zero-order valence-corrected chi connectivity index (χ0v) is 12.5. The van der Waals surface area contributed by atoms with Crippen LogP contribution < -0.4 is 10.6 Å². The molecule has 110 valence electrons. The summed E-state index contributed by atoms with van der Waals surface area (Å²) >= 11 is 0. The van der Waals surface area contributed by atoms with E-state index in [1.165, 1.54) is 6.07 Å². The molecular weight excluding hydrogens is 267 g/mol. The van der Waals surface area contributed by atoms with Gasteiger partial charge in [0.05, 0.1) is 0 Å². The predicted molar refractivity (Wildman–Crippen MR) is 82.7 cm³/mol. The normalized spacial score (nSPS) is 14.1. The molecule has 1 aromatic carbocycles. The average Bonchev–Trinajstić information content (AvgIpc) is 3.29. The van der Waals surface area contributed by atoms with Gasteiger partial charge in [-0.3, -0.25) is 0 Å². The Hall–Kier alpha value is -2.17. The molecule has 2 N–H and O–H groups in total. The molecule has 0 amide bonds. The van der Waals surface area contributed by atoms with Crippen LogP contribution in [0.3, 0.4) is 0 Å². The Morgan fingerprint density at radius 3 is 2.48 bits per heavy atom. The van der Waals surface area contributed by atoms with E-state index in [1.54, 1.807) is 13.0 Å². The molecule has 0 atom stereocenters. The molecule has 1 aliphatic carbocycles. The van der Waals surface area contributed by atoms with Gasteiger partial charge < -0.3 is 10.6 Å². The van der Waals surface area contributed by atoms with E-state index in [2.05, 4.69) is 20.6 Å². The Kier molecular flexibility index (Phi) is 3.49. The fourth-order valence-corrected chi connectivity index (χ4v) is 2.23. The van der Waals surface area contributed by atoms with Crippen molar-refractivity contribution >= 4 is 17.3 Å². The summed E-state index contributed by atoms with van der Waals surface area (Å²) < 4.78 is 13.7. The lowest BCUT2D eigenvalue weighted by molar-refractivity contribution is 0.619. The summed E-state index contributed by atoms with van der Waals surface area (Å²) in [4.78, 5) is 9.16. The van der Waals surface area contributed by atoms with Gasteiger partial charge in [0, 0.05) is 24.2 Å². The van der Waals surface area contributed by atoms with Gasteiger partial charge >= 0.3 is 0 Å². The van der Waals surface area contributed by atoms with Crippen LogP contribution in [-0.4, -0.2) is 17.0 Å². The number of anilines is 3. The molecule has 3 rings (SSSR count). The van der Waals surface area contributed by atoms with Crippen LogP contribution in [0.5, 0.6) is 0 Å². The number of nitrogens with zero attached hydrogens (tertiary/aromatic N) is 2. The van der Waals surface area contributed by atoms with Gasteiger partial charge in [-0.1, -0.05) is 6.07 Å². The van der Waals surface area contributed by atoms with Crippen LogP contribution in [0, 0.1) is 19.7 Å². The Morgan fingerprint density at radius 2 is 1.86 bits per heavy atom. The monoisotopic (exact) mass is 286 g/mol. The van der Waals surface area contributed by atoms with E-state index in [0.29, 0.717) is 17.2 Å². The topological polar surface area (TPSA) is 49.8 Å². The van der Waals surface area contributed by atoms with Crippen LogP contribution in [0.25, 0.3) is 0 Å². The molecule has 0 radical (unpaired) electrons. The zero-order valence-electron chi connectivity index (χ0n) is 12.5. The number of aryl methyl sites for hydroxylation is 1. The maximum absolute atomic E-state index is 13.7. The van der Waals surface area contributed by atoms with E-state index < -0.39 is 0 Å². The molecule has 0 unspecified atom stereocenters. The van der Waals surface area contributed by atoms with Crippen molar-refractivity contribution in [2.75, 3.05) is 17.7 Å². The number of nitrogens with one attached hydrogen (secondary N) is 2. The number of halogens is 1. The average molecular weight is 286 g/mol. The lowest BCUT2D eigenvalue weighted by Gasteiger charge is -2.14. The van der Waals surface area contributed by atoms with Crippen molar-refractivity contribution in [3.63, 3.8) is 0 Å². The molecule has 1 fully saturated rings. The van der Waals surface area contributed by atoms with Crippen LogP contribution in [-0.2, 0) is 0 Å². The van der Waals surface area contributed by atoms with Crippen molar-refractivity contribution < 1.29 is 4.39 Å². The molecule has 0 bridgehead atoms. The minimum atomic E-state index is -0.219. The maximum Gasteiger partial charge on any atom is 0.139 e. The highest BCUT2D eigenvalue weighted by Crippen LogP contribution is 2.39. The predicted octanol–water partition coefficient (Wildman–Crippen LogP) is 3.90. The molecule has 1 heterocycles. The second-order valence-electron chi connectivity index (χ2n) is 5.52. The SMILES string of the molecule is CNc1nc(C2CC2)nc(Nc2ccc(C)c(F)c2)c1C. The van der Waals surface area contributed by atoms with Gasteiger partial charge in [-0.05, 0) is 44.4 Å². The van der Waals surface area contributed by atoms with Crippen LogP contribution in [0.2, 0.25) is 0 Å². The van der Waals surface area contributed by atoms with Gasteiger partial charge in [-0.15, -0.1) is 0 Å². The van der Waals surface area contributed by atoms with Gasteiger partial charge in [0.2, 0.25) is 0 Å². The summed E-state index contributed by atoms with van der Waals surface area (Å²) in [7, 11) is 1.85. The minimum Gasteiger partial charge on any atom is -0.373 e. The smallest absolute Gasteiger partial charge is 0.139 e. The quantitative estimate of drug-likeness (QED) is 0.895. The molecule has 4 nitrogen and oxygen atoms in total. The second kappa shape index (κ2) is 5.31. The summed E-state index contributed by atoms with van der Waals surface area (Å²) in [6.07, 6.45) is 2.29. The van der Waals surface area contributed by atoms with E-state index >= 15 is 0 Å². The van der Waals surface area contributed by atoms with Crippen LogP contribution >= 0.6 is 0 Å². The van der Waals surface area contributed by atoms with Gasteiger partial charge in [-0.2, -0.15) is 0 Å². The first-order valence-electron chi connectivity index (χ1n) is 7.18. The van der Waals surface area contributed by atoms with E-state index in [0.717, 1.165) is 35.9 Å². The number of benzene rings is 1.